The van der Waals surface area contributed by atoms with Gasteiger partial charge in [-0.1, -0.05) is 11.8 Å². The molecule has 0 saturated carbocycles. The fourth-order valence-electron chi connectivity index (χ4n) is 0.461. The van der Waals surface area contributed by atoms with E-state index in [1.165, 1.54) is 11.8 Å². The SMILES string of the molecule is NC1=NS(=O)(=O)CCS1. The molecule has 1 heterocycles. The Kier molecular flexibility index (Phi) is 1.67. The number of rotatable bonds is 0. The Balaban J connectivity index is 2.95. The number of hydrogen-bond acceptors (Lipinski definition) is 4. The monoisotopic (exact) mass is 166 g/mol. The van der Waals surface area contributed by atoms with Crippen LogP contribution >= 0.6 is 11.8 Å². The van der Waals surface area contributed by atoms with Crippen LogP contribution in [-0.2, 0) is 10.0 Å². The zero-order valence-electron chi connectivity index (χ0n) is 4.57. The maximum Gasteiger partial charge on any atom is 0.256 e. The van der Waals surface area contributed by atoms with Gasteiger partial charge in [-0.2, -0.15) is 0 Å². The first-order valence-electron chi connectivity index (χ1n) is 2.31. The van der Waals surface area contributed by atoms with Crippen LogP contribution in [0.1, 0.15) is 0 Å². The van der Waals surface area contributed by atoms with E-state index in [0.29, 0.717) is 5.75 Å². The van der Waals surface area contributed by atoms with Crippen molar-refractivity contribution in [3.05, 3.63) is 0 Å². The van der Waals surface area contributed by atoms with Crippen LogP contribution in [0.2, 0.25) is 0 Å². The predicted octanol–water partition coefficient (Wildman–Crippen LogP) is -0.622. The minimum absolute atomic E-state index is 0.109. The quantitative estimate of drug-likeness (QED) is 0.520. The molecule has 0 aromatic carbocycles. The lowest BCUT2D eigenvalue weighted by molar-refractivity contribution is 0.599. The summed E-state index contributed by atoms with van der Waals surface area (Å²) in [6, 6.07) is 0. The Labute approximate surface area is 57.6 Å². The molecule has 0 radical (unpaired) electrons. The van der Waals surface area contributed by atoms with E-state index in [9.17, 15) is 8.42 Å². The van der Waals surface area contributed by atoms with Gasteiger partial charge < -0.3 is 5.73 Å². The van der Waals surface area contributed by atoms with Gasteiger partial charge in [-0.15, -0.1) is 4.40 Å². The van der Waals surface area contributed by atoms with E-state index in [1.807, 2.05) is 0 Å². The Hall–Kier alpha value is -0.230. The third kappa shape index (κ3) is 1.87. The molecule has 1 aliphatic heterocycles. The average molecular weight is 166 g/mol. The number of amidine groups is 1. The molecule has 0 spiro atoms. The highest BCUT2D eigenvalue weighted by Crippen LogP contribution is 2.10. The first kappa shape index (κ1) is 6.88. The standard InChI is InChI=1S/C3H6N2O2S2/c4-3-5-9(6,7)2-1-8-3/h1-2H2,(H2,4,5). The molecule has 0 saturated heterocycles. The summed E-state index contributed by atoms with van der Waals surface area (Å²) < 4.78 is 24.4. The van der Waals surface area contributed by atoms with E-state index < -0.39 is 10.0 Å². The van der Waals surface area contributed by atoms with Gasteiger partial charge in [-0.05, 0) is 0 Å². The zero-order valence-corrected chi connectivity index (χ0v) is 6.20. The van der Waals surface area contributed by atoms with Crippen molar-refractivity contribution in [2.24, 2.45) is 10.1 Å². The van der Waals surface area contributed by atoms with E-state index in [4.69, 9.17) is 5.73 Å². The molecule has 0 aromatic heterocycles. The van der Waals surface area contributed by atoms with E-state index in [2.05, 4.69) is 4.40 Å². The van der Waals surface area contributed by atoms with Crippen LogP contribution in [0.5, 0.6) is 0 Å². The lowest BCUT2D eigenvalue weighted by Gasteiger charge is -2.05. The van der Waals surface area contributed by atoms with Crippen molar-refractivity contribution in [3.63, 3.8) is 0 Å². The molecule has 1 rings (SSSR count). The summed E-state index contributed by atoms with van der Waals surface area (Å²) in [5.41, 5.74) is 5.14. The first-order chi connectivity index (χ1) is 4.10. The third-order valence-corrected chi connectivity index (χ3v) is 3.18. The molecule has 0 amide bonds. The highest BCUT2D eigenvalue weighted by atomic mass is 32.2. The van der Waals surface area contributed by atoms with Crippen molar-refractivity contribution >= 4 is 27.0 Å². The number of nitrogens with zero attached hydrogens (tertiary/aromatic N) is 1. The summed E-state index contributed by atoms with van der Waals surface area (Å²) in [6.07, 6.45) is 0. The molecule has 0 bridgehead atoms. The largest absolute Gasteiger partial charge is 0.378 e. The van der Waals surface area contributed by atoms with Crippen molar-refractivity contribution in [1.82, 2.24) is 0 Å². The molecule has 9 heavy (non-hydrogen) atoms. The van der Waals surface area contributed by atoms with Gasteiger partial charge in [0.15, 0.2) is 5.17 Å². The van der Waals surface area contributed by atoms with Crippen LogP contribution < -0.4 is 5.73 Å². The highest BCUT2D eigenvalue weighted by molar-refractivity contribution is 8.15. The second-order valence-corrected chi connectivity index (χ2v) is 4.43. The summed E-state index contributed by atoms with van der Waals surface area (Å²) in [6.45, 7) is 0. The molecule has 52 valence electrons. The zero-order chi connectivity index (χ0) is 6.91. The van der Waals surface area contributed by atoms with Crippen LogP contribution in [0, 0.1) is 0 Å². The predicted molar refractivity (Wildman–Crippen MR) is 37.9 cm³/mol. The maximum atomic E-state index is 10.6. The van der Waals surface area contributed by atoms with Crippen LogP contribution in [0.25, 0.3) is 0 Å². The maximum absolute atomic E-state index is 10.6. The van der Waals surface area contributed by atoms with Gasteiger partial charge in [0.1, 0.15) is 0 Å². The second-order valence-electron chi connectivity index (χ2n) is 1.56. The Morgan fingerprint density at radius 1 is 1.67 bits per heavy atom. The molecular weight excluding hydrogens is 160 g/mol. The summed E-state index contributed by atoms with van der Waals surface area (Å²) in [5.74, 6) is 0.635. The van der Waals surface area contributed by atoms with Crippen LogP contribution in [-0.4, -0.2) is 25.1 Å². The topological polar surface area (TPSA) is 72.5 Å². The van der Waals surface area contributed by atoms with E-state index >= 15 is 0 Å². The minimum Gasteiger partial charge on any atom is -0.378 e. The van der Waals surface area contributed by atoms with E-state index in [1.54, 1.807) is 0 Å². The van der Waals surface area contributed by atoms with Crippen LogP contribution in [0.3, 0.4) is 0 Å². The lowest BCUT2D eigenvalue weighted by Crippen LogP contribution is -2.19. The van der Waals surface area contributed by atoms with Crippen molar-refractivity contribution in [2.75, 3.05) is 11.5 Å². The van der Waals surface area contributed by atoms with Crippen LogP contribution in [0.4, 0.5) is 0 Å². The van der Waals surface area contributed by atoms with Crippen molar-refractivity contribution < 1.29 is 8.42 Å². The van der Waals surface area contributed by atoms with Gasteiger partial charge in [-0.3, -0.25) is 0 Å². The van der Waals surface area contributed by atoms with Gasteiger partial charge in [0.2, 0.25) is 0 Å². The average Bonchev–Trinajstić information content (AvgIpc) is 1.60. The molecular formula is C3H6N2O2S2. The number of hydrogen-bond donors (Lipinski definition) is 1. The summed E-state index contributed by atoms with van der Waals surface area (Å²) in [4.78, 5) is 0. The summed E-state index contributed by atoms with van der Waals surface area (Å²) >= 11 is 1.27. The van der Waals surface area contributed by atoms with E-state index in [-0.39, 0.29) is 10.9 Å². The number of thioether (sulfide) groups is 1. The lowest BCUT2D eigenvalue weighted by atomic mass is 11.0. The second kappa shape index (κ2) is 2.18. The molecule has 0 atom stereocenters. The molecule has 0 aromatic rings. The molecule has 0 aliphatic carbocycles. The Bertz CT molecular complexity index is 230. The normalized spacial score (nSPS) is 25.1. The van der Waals surface area contributed by atoms with Gasteiger partial charge >= 0.3 is 0 Å². The first-order valence-corrected chi connectivity index (χ1v) is 4.90. The number of nitrogens with two attached hydrogens (primary N) is 1. The smallest absolute Gasteiger partial charge is 0.256 e. The van der Waals surface area contributed by atoms with Crippen molar-refractivity contribution in [3.8, 4) is 0 Å². The molecule has 2 N–H and O–H groups in total. The van der Waals surface area contributed by atoms with Crippen LogP contribution in [0.15, 0.2) is 4.40 Å². The minimum atomic E-state index is -3.19. The summed E-state index contributed by atoms with van der Waals surface area (Å²) in [7, 11) is -3.19. The summed E-state index contributed by atoms with van der Waals surface area (Å²) in [5, 5.41) is 0.154. The molecule has 4 nitrogen and oxygen atoms in total. The van der Waals surface area contributed by atoms with Crippen molar-refractivity contribution in [2.45, 2.75) is 0 Å². The van der Waals surface area contributed by atoms with Gasteiger partial charge in [0.25, 0.3) is 10.0 Å². The fraction of sp³-hybridized carbons (Fsp3) is 0.667. The highest BCUT2D eigenvalue weighted by Gasteiger charge is 2.14. The van der Waals surface area contributed by atoms with Gasteiger partial charge in [-0.25, -0.2) is 8.42 Å². The molecule has 6 heteroatoms. The number of sulfonamides is 1. The Morgan fingerprint density at radius 3 is 2.67 bits per heavy atom. The fourth-order valence-corrected chi connectivity index (χ4v) is 2.76. The van der Waals surface area contributed by atoms with Gasteiger partial charge in [0, 0.05) is 5.75 Å². The Morgan fingerprint density at radius 2 is 2.33 bits per heavy atom. The van der Waals surface area contributed by atoms with Gasteiger partial charge in [0.05, 0.1) is 5.75 Å². The molecule has 1 aliphatic rings. The van der Waals surface area contributed by atoms with E-state index in [0.717, 1.165) is 0 Å². The van der Waals surface area contributed by atoms with Crippen molar-refractivity contribution in [1.29, 1.82) is 0 Å². The molecule has 0 unspecified atom stereocenters. The third-order valence-electron chi connectivity index (χ3n) is 0.820. The molecule has 0 fully saturated rings.